The van der Waals surface area contributed by atoms with Gasteiger partial charge in [0.1, 0.15) is 0 Å². The first-order chi connectivity index (χ1) is 14.5. The van der Waals surface area contributed by atoms with E-state index in [4.69, 9.17) is 9.47 Å². The van der Waals surface area contributed by atoms with Gasteiger partial charge in [-0.15, -0.1) is 0 Å². The van der Waals surface area contributed by atoms with E-state index in [0.717, 1.165) is 25.7 Å². The zero-order valence-electron chi connectivity index (χ0n) is 20.6. The summed E-state index contributed by atoms with van der Waals surface area (Å²) in [6.07, 6.45) is 20.6. The molecule has 0 aliphatic rings. The van der Waals surface area contributed by atoms with Crippen molar-refractivity contribution in [3.8, 4) is 0 Å². The molecule has 4 nitrogen and oxygen atoms in total. The van der Waals surface area contributed by atoms with E-state index in [1.807, 2.05) is 0 Å². The molecule has 0 bridgehead atoms. The van der Waals surface area contributed by atoms with E-state index < -0.39 is 17.4 Å². The van der Waals surface area contributed by atoms with Gasteiger partial charge < -0.3 is 9.47 Å². The molecule has 0 saturated heterocycles. The van der Waals surface area contributed by atoms with Crippen LogP contribution < -0.4 is 0 Å². The van der Waals surface area contributed by atoms with Crippen molar-refractivity contribution in [3.63, 3.8) is 0 Å². The second-order valence-corrected chi connectivity index (χ2v) is 9.20. The summed E-state index contributed by atoms with van der Waals surface area (Å²) in [5.74, 6) is -0.940. The minimum atomic E-state index is -1.22. The molecule has 4 heteroatoms. The van der Waals surface area contributed by atoms with Crippen LogP contribution in [0.2, 0.25) is 0 Å². The first kappa shape index (κ1) is 28.9. The SMILES string of the molecule is CCCCCCCCCCCCOC(=O)C(C)(C)C(=O)OCCCCCCCCC. The van der Waals surface area contributed by atoms with Crippen molar-refractivity contribution in [1.82, 2.24) is 0 Å². The molecule has 178 valence electrons. The number of carbonyl (C=O) groups excluding carboxylic acids is 2. The zero-order valence-corrected chi connectivity index (χ0v) is 20.6. The Bertz CT molecular complexity index is 417. The molecule has 0 radical (unpaired) electrons. The molecule has 0 aromatic carbocycles. The summed E-state index contributed by atoms with van der Waals surface area (Å²) in [7, 11) is 0. The first-order valence-electron chi connectivity index (χ1n) is 12.8. The standard InChI is InChI=1S/C26H50O4/c1-5-7-9-11-13-14-15-17-19-21-23-30-25(28)26(3,4)24(27)29-22-20-18-16-12-10-8-6-2/h5-23H2,1-4H3. The van der Waals surface area contributed by atoms with Crippen molar-refractivity contribution >= 4 is 11.9 Å². The van der Waals surface area contributed by atoms with Gasteiger partial charge in [-0.25, -0.2) is 0 Å². The highest BCUT2D eigenvalue weighted by molar-refractivity contribution is 5.99. The third-order valence-electron chi connectivity index (χ3n) is 5.73. The maximum atomic E-state index is 12.3. The molecule has 0 fully saturated rings. The van der Waals surface area contributed by atoms with Gasteiger partial charge in [-0.1, -0.05) is 110 Å². The summed E-state index contributed by atoms with van der Waals surface area (Å²) in [6, 6.07) is 0. The summed E-state index contributed by atoms with van der Waals surface area (Å²) >= 11 is 0. The third kappa shape index (κ3) is 15.7. The van der Waals surface area contributed by atoms with Gasteiger partial charge in [0.15, 0.2) is 5.41 Å². The number of rotatable bonds is 21. The summed E-state index contributed by atoms with van der Waals surface area (Å²) in [6.45, 7) is 8.44. The molecule has 0 rings (SSSR count). The van der Waals surface area contributed by atoms with Gasteiger partial charge in [-0.3, -0.25) is 9.59 Å². The van der Waals surface area contributed by atoms with Crippen LogP contribution in [0.3, 0.4) is 0 Å². The normalized spacial score (nSPS) is 11.5. The van der Waals surface area contributed by atoms with E-state index in [-0.39, 0.29) is 0 Å². The van der Waals surface area contributed by atoms with Crippen LogP contribution in [0, 0.1) is 5.41 Å². The fourth-order valence-corrected chi connectivity index (χ4v) is 3.42. The maximum absolute atomic E-state index is 12.3. The van der Waals surface area contributed by atoms with Gasteiger partial charge in [0.05, 0.1) is 13.2 Å². The van der Waals surface area contributed by atoms with Crippen molar-refractivity contribution in [2.24, 2.45) is 5.41 Å². The summed E-state index contributed by atoms with van der Waals surface area (Å²) in [5.41, 5.74) is -1.22. The van der Waals surface area contributed by atoms with Crippen LogP contribution in [0.5, 0.6) is 0 Å². The van der Waals surface area contributed by atoms with Crippen LogP contribution >= 0.6 is 0 Å². The average molecular weight is 427 g/mol. The number of unbranched alkanes of at least 4 members (excludes halogenated alkanes) is 15. The molecule has 0 aromatic heterocycles. The number of ether oxygens (including phenoxy) is 2. The molecule has 0 aliphatic heterocycles. The quantitative estimate of drug-likeness (QED) is 0.107. The Morgan fingerprint density at radius 3 is 1.07 bits per heavy atom. The van der Waals surface area contributed by atoms with E-state index in [2.05, 4.69) is 13.8 Å². The lowest BCUT2D eigenvalue weighted by Crippen LogP contribution is -2.37. The zero-order chi connectivity index (χ0) is 22.5. The Morgan fingerprint density at radius 2 is 0.767 bits per heavy atom. The van der Waals surface area contributed by atoms with E-state index in [0.29, 0.717) is 13.2 Å². The van der Waals surface area contributed by atoms with E-state index in [1.165, 1.54) is 83.5 Å². The van der Waals surface area contributed by atoms with Gasteiger partial charge in [0.25, 0.3) is 0 Å². The molecule has 30 heavy (non-hydrogen) atoms. The van der Waals surface area contributed by atoms with Crippen molar-refractivity contribution in [2.45, 2.75) is 137 Å². The minimum Gasteiger partial charge on any atom is -0.465 e. The highest BCUT2D eigenvalue weighted by atomic mass is 16.6. The van der Waals surface area contributed by atoms with Gasteiger partial charge in [0, 0.05) is 0 Å². The van der Waals surface area contributed by atoms with Crippen LogP contribution in [0.25, 0.3) is 0 Å². The maximum Gasteiger partial charge on any atom is 0.322 e. The lowest BCUT2D eigenvalue weighted by Gasteiger charge is -2.20. The summed E-state index contributed by atoms with van der Waals surface area (Å²) in [5, 5.41) is 0. The van der Waals surface area contributed by atoms with Crippen LogP contribution in [0.1, 0.15) is 137 Å². The minimum absolute atomic E-state index is 0.391. The lowest BCUT2D eigenvalue weighted by atomic mass is 9.94. The van der Waals surface area contributed by atoms with Gasteiger partial charge >= 0.3 is 11.9 Å². The number of hydrogen-bond donors (Lipinski definition) is 0. The number of carbonyl (C=O) groups is 2. The predicted molar refractivity (Wildman–Crippen MR) is 126 cm³/mol. The van der Waals surface area contributed by atoms with Gasteiger partial charge in [0.2, 0.25) is 0 Å². The fraction of sp³-hybridized carbons (Fsp3) is 0.923. The topological polar surface area (TPSA) is 52.6 Å². The molecule has 0 spiro atoms. The van der Waals surface area contributed by atoms with Crippen molar-refractivity contribution in [2.75, 3.05) is 13.2 Å². The molecule has 0 aromatic rings. The Labute approximate surface area is 186 Å². The molecular weight excluding hydrogens is 376 g/mol. The molecule has 0 aliphatic carbocycles. The first-order valence-corrected chi connectivity index (χ1v) is 12.8. The Kier molecular flexibility index (Phi) is 19.2. The molecule has 0 atom stereocenters. The van der Waals surface area contributed by atoms with Crippen LogP contribution in [0.4, 0.5) is 0 Å². The molecule has 0 saturated carbocycles. The van der Waals surface area contributed by atoms with Crippen LogP contribution in [-0.4, -0.2) is 25.2 Å². The molecule has 0 unspecified atom stereocenters. The summed E-state index contributed by atoms with van der Waals surface area (Å²) < 4.78 is 10.7. The van der Waals surface area contributed by atoms with Gasteiger partial charge in [-0.05, 0) is 26.7 Å². The molecule has 0 N–H and O–H groups in total. The Morgan fingerprint density at radius 1 is 0.500 bits per heavy atom. The second-order valence-electron chi connectivity index (χ2n) is 9.20. The largest absolute Gasteiger partial charge is 0.465 e. The molecular formula is C26H50O4. The highest BCUT2D eigenvalue weighted by Gasteiger charge is 2.39. The molecule has 0 amide bonds. The monoisotopic (exact) mass is 426 g/mol. The average Bonchev–Trinajstić information content (AvgIpc) is 2.73. The Balaban J connectivity index is 3.69. The van der Waals surface area contributed by atoms with Crippen LogP contribution in [0.15, 0.2) is 0 Å². The van der Waals surface area contributed by atoms with Crippen molar-refractivity contribution in [1.29, 1.82) is 0 Å². The number of esters is 2. The fourth-order valence-electron chi connectivity index (χ4n) is 3.42. The predicted octanol–water partition coefficient (Wildman–Crippen LogP) is 7.77. The smallest absolute Gasteiger partial charge is 0.322 e. The second kappa shape index (κ2) is 19.9. The van der Waals surface area contributed by atoms with Crippen molar-refractivity contribution in [3.05, 3.63) is 0 Å². The van der Waals surface area contributed by atoms with E-state index >= 15 is 0 Å². The summed E-state index contributed by atoms with van der Waals surface area (Å²) in [4.78, 5) is 24.5. The van der Waals surface area contributed by atoms with Crippen molar-refractivity contribution < 1.29 is 19.1 Å². The van der Waals surface area contributed by atoms with E-state index in [9.17, 15) is 9.59 Å². The van der Waals surface area contributed by atoms with E-state index in [1.54, 1.807) is 13.8 Å². The van der Waals surface area contributed by atoms with Gasteiger partial charge in [-0.2, -0.15) is 0 Å². The van der Waals surface area contributed by atoms with Crippen LogP contribution in [-0.2, 0) is 19.1 Å². The molecule has 0 heterocycles. The third-order valence-corrected chi connectivity index (χ3v) is 5.73. The Hall–Kier alpha value is -1.06. The number of hydrogen-bond acceptors (Lipinski definition) is 4. The lowest BCUT2D eigenvalue weighted by molar-refractivity contribution is -0.169. The highest BCUT2D eigenvalue weighted by Crippen LogP contribution is 2.20.